The van der Waals surface area contributed by atoms with Gasteiger partial charge < -0.3 is 10.1 Å². The summed E-state index contributed by atoms with van der Waals surface area (Å²) in [6, 6.07) is 5.29. The van der Waals surface area contributed by atoms with E-state index in [1.807, 2.05) is 13.8 Å². The van der Waals surface area contributed by atoms with Crippen LogP contribution in [0.2, 0.25) is 0 Å². The van der Waals surface area contributed by atoms with Gasteiger partial charge in [-0.3, -0.25) is 10.1 Å². The number of amides is 2. The smallest absolute Gasteiger partial charge is 0.412 e. The van der Waals surface area contributed by atoms with Gasteiger partial charge in [0.15, 0.2) is 0 Å². The fraction of sp³-hybridized carbons (Fsp3) is 0.333. The molecule has 0 bridgehead atoms. The Bertz CT molecular complexity index is 495. The molecule has 2 amide bonds. The summed E-state index contributed by atoms with van der Waals surface area (Å²) < 4.78 is 5.20. The van der Waals surface area contributed by atoms with Gasteiger partial charge in [-0.1, -0.05) is 0 Å². The van der Waals surface area contributed by atoms with Crippen molar-refractivity contribution in [1.82, 2.24) is 0 Å². The number of fused-ring (bicyclic) bond motifs is 1. The van der Waals surface area contributed by atoms with E-state index in [-0.39, 0.29) is 5.91 Å². The minimum Gasteiger partial charge on any atom is -0.438 e. The molecule has 0 saturated carbocycles. The lowest BCUT2D eigenvalue weighted by molar-refractivity contribution is -0.114. The van der Waals surface area contributed by atoms with Gasteiger partial charge in [0.05, 0.1) is 5.69 Å². The number of nitrogens with one attached hydrogen (secondary N) is 2. The second kappa shape index (κ2) is 3.76. The first-order valence-corrected chi connectivity index (χ1v) is 5.30. The van der Waals surface area contributed by atoms with Gasteiger partial charge in [-0.25, -0.2) is 4.79 Å². The molecule has 0 atom stereocenters. The molecule has 0 saturated heterocycles. The molecule has 0 unspecified atom stereocenters. The van der Waals surface area contributed by atoms with Gasteiger partial charge in [-0.2, -0.15) is 0 Å². The lowest BCUT2D eigenvalue weighted by Crippen LogP contribution is -2.34. The molecule has 0 fully saturated rings. The largest absolute Gasteiger partial charge is 0.438 e. The average Bonchev–Trinajstić information content (AvgIpc) is 2.17. The number of ether oxygens (including phenoxy) is 1. The summed E-state index contributed by atoms with van der Waals surface area (Å²) in [7, 11) is 0. The highest BCUT2D eigenvalue weighted by Gasteiger charge is 2.33. The molecule has 1 aromatic carbocycles. The van der Waals surface area contributed by atoms with Gasteiger partial charge in [0.2, 0.25) is 5.91 Å². The lowest BCUT2D eigenvalue weighted by atomic mass is 9.94. The Morgan fingerprint density at radius 3 is 2.76 bits per heavy atom. The fourth-order valence-electron chi connectivity index (χ4n) is 1.85. The highest BCUT2D eigenvalue weighted by molar-refractivity contribution is 5.92. The SMILES string of the molecule is CC(=O)Nc1ccc2c(c1)C(C)(C)OC(=O)N2. The van der Waals surface area contributed by atoms with Crippen molar-refractivity contribution in [2.45, 2.75) is 26.4 Å². The monoisotopic (exact) mass is 234 g/mol. The van der Waals surface area contributed by atoms with E-state index in [0.717, 1.165) is 5.56 Å². The van der Waals surface area contributed by atoms with E-state index in [2.05, 4.69) is 10.6 Å². The molecule has 1 aromatic rings. The molecule has 5 heteroatoms. The minimum atomic E-state index is -0.702. The van der Waals surface area contributed by atoms with Crippen molar-refractivity contribution < 1.29 is 14.3 Å². The molecule has 2 rings (SSSR count). The zero-order chi connectivity index (χ0) is 12.6. The van der Waals surface area contributed by atoms with Gasteiger partial charge in [-0.05, 0) is 32.0 Å². The van der Waals surface area contributed by atoms with Gasteiger partial charge in [0.1, 0.15) is 5.60 Å². The highest BCUT2D eigenvalue weighted by atomic mass is 16.6. The van der Waals surface area contributed by atoms with Crippen LogP contribution in [-0.4, -0.2) is 12.0 Å². The summed E-state index contributed by atoms with van der Waals surface area (Å²) in [4.78, 5) is 22.3. The van der Waals surface area contributed by atoms with E-state index < -0.39 is 11.7 Å². The number of carbonyl (C=O) groups is 2. The Hall–Kier alpha value is -2.04. The molecule has 0 radical (unpaired) electrons. The number of anilines is 2. The van der Waals surface area contributed by atoms with Crippen LogP contribution in [0.25, 0.3) is 0 Å². The summed E-state index contributed by atoms with van der Waals surface area (Å²) in [6.07, 6.45) is -0.463. The average molecular weight is 234 g/mol. The first kappa shape index (κ1) is 11.4. The molecule has 1 aliphatic rings. The van der Waals surface area contributed by atoms with E-state index in [0.29, 0.717) is 11.4 Å². The molecule has 1 heterocycles. The van der Waals surface area contributed by atoms with Gasteiger partial charge in [0, 0.05) is 18.2 Å². The number of cyclic esters (lactones) is 1. The maximum Gasteiger partial charge on any atom is 0.412 e. The van der Waals surface area contributed by atoms with Crippen LogP contribution >= 0.6 is 0 Å². The fourth-order valence-corrected chi connectivity index (χ4v) is 1.85. The maximum absolute atomic E-state index is 11.3. The summed E-state index contributed by atoms with van der Waals surface area (Å²) in [5.41, 5.74) is 1.53. The molecule has 5 nitrogen and oxygen atoms in total. The Balaban J connectivity index is 2.43. The van der Waals surface area contributed by atoms with Crippen LogP contribution < -0.4 is 10.6 Å². The summed E-state index contributed by atoms with van der Waals surface area (Å²) in [6.45, 7) is 5.06. The second-order valence-corrected chi connectivity index (χ2v) is 4.47. The quantitative estimate of drug-likeness (QED) is 0.784. The normalized spacial score (nSPS) is 16.5. The summed E-state index contributed by atoms with van der Waals surface area (Å²) in [5, 5.41) is 5.32. The van der Waals surface area contributed by atoms with E-state index in [1.165, 1.54) is 6.92 Å². The highest BCUT2D eigenvalue weighted by Crippen LogP contribution is 2.36. The third-order valence-corrected chi connectivity index (χ3v) is 2.57. The summed E-state index contributed by atoms with van der Waals surface area (Å²) >= 11 is 0. The number of rotatable bonds is 1. The standard InChI is InChI=1S/C12H14N2O3/c1-7(15)13-8-4-5-10-9(6-8)12(2,3)17-11(16)14-10/h4-6H,1-3H3,(H,13,15)(H,14,16). The van der Waals surface area contributed by atoms with Gasteiger partial charge in [0.25, 0.3) is 0 Å². The lowest BCUT2D eigenvalue weighted by Gasteiger charge is -2.32. The molecule has 0 aromatic heterocycles. The van der Waals surface area contributed by atoms with Crippen LogP contribution in [0.15, 0.2) is 18.2 Å². The van der Waals surface area contributed by atoms with Gasteiger partial charge in [-0.15, -0.1) is 0 Å². The van der Waals surface area contributed by atoms with Crippen molar-refractivity contribution in [3.8, 4) is 0 Å². The number of benzene rings is 1. The number of hydrogen-bond acceptors (Lipinski definition) is 3. The van der Waals surface area contributed by atoms with Crippen LogP contribution in [0.5, 0.6) is 0 Å². The Morgan fingerprint density at radius 1 is 1.41 bits per heavy atom. The third-order valence-electron chi connectivity index (χ3n) is 2.57. The molecule has 0 aliphatic carbocycles. The first-order chi connectivity index (χ1) is 7.88. The van der Waals surface area contributed by atoms with Crippen molar-refractivity contribution in [2.24, 2.45) is 0 Å². The predicted octanol–water partition coefficient (Wildman–Crippen LogP) is 2.44. The molecule has 2 N–H and O–H groups in total. The van der Waals surface area contributed by atoms with E-state index in [1.54, 1.807) is 18.2 Å². The van der Waals surface area contributed by atoms with Crippen LogP contribution in [-0.2, 0) is 15.1 Å². The minimum absolute atomic E-state index is 0.136. The molecule has 90 valence electrons. The summed E-state index contributed by atoms with van der Waals surface area (Å²) in [5.74, 6) is -0.136. The van der Waals surface area contributed by atoms with Crippen molar-refractivity contribution in [1.29, 1.82) is 0 Å². The van der Waals surface area contributed by atoms with Crippen LogP contribution in [0.4, 0.5) is 16.2 Å². The molecule has 0 spiro atoms. The molecular formula is C12H14N2O3. The number of carbonyl (C=O) groups excluding carboxylic acids is 2. The predicted molar refractivity (Wildman–Crippen MR) is 63.9 cm³/mol. The van der Waals surface area contributed by atoms with E-state index in [9.17, 15) is 9.59 Å². The zero-order valence-electron chi connectivity index (χ0n) is 9.96. The first-order valence-electron chi connectivity index (χ1n) is 5.30. The molecular weight excluding hydrogens is 220 g/mol. The van der Waals surface area contributed by atoms with Crippen molar-refractivity contribution in [3.63, 3.8) is 0 Å². The Morgan fingerprint density at radius 2 is 2.12 bits per heavy atom. The van der Waals surface area contributed by atoms with Crippen molar-refractivity contribution in [2.75, 3.05) is 10.6 Å². The van der Waals surface area contributed by atoms with E-state index >= 15 is 0 Å². The van der Waals surface area contributed by atoms with Crippen molar-refractivity contribution in [3.05, 3.63) is 23.8 Å². The Kier molecular flexibility index (Phi) is 2.53. The topological polar surface area (TPSA) is 67.4 Å². The van der Waals surface area contributed by atoms with Crippen LogP contribution in [0, 0.1) is 0 Å². The van der Waals surface area contributed by atoms with Crippen molar-refractivity contribution >= 4 is 23.4 Å². The second-order valence-electron chi connectivity index (χ2n) is 4.47. The Labute approximate surface area is 99.2 Å². The van der Waals surface area contributed by atoms with Crippen LogP contribution in [0.1, 0.15) is 26.3 Å². The maximum atomic E-state index is 11.3. The number of hydrogen-bond donors (Lipinski definition) is 2. The van der Waals surface area contributed by atoms with Crippen LogP contribution in [0.3, 0.4) is 0 Å². The zero-order valence-corrected chi connectivity index (χ0v) is 9.96. The van der Waals surface area contributed by atoms with E-state index in [4.69, 9.17) is 4.74 Å². The molecule has 1 aliphatic heterocycles. The molecule has 17 heavy (non-hydrogen) atoms. The third kappa shape index (κ3) is 2.22. The van der Waals surface area contributed by atoms with Gasteiger partial charge >= 0.3 is 6.09 Å².